The van der Waals surface area contributed by atoms with E-state index in [4.69, 9.17) is 18.9 Å². The number of methoxy groups -OCH3 is 2. The van der Waals surface area contributed by atoms with Crippen LogP contribution in [-0.2, 0) is 9.53 Å². The quantitative estimate of drug-likeness (QED) is 0.799. The van der Waals surface area contributed by atoms with Crippen molar-refractivity contribution >= 4 is 5.78 Å². The summed E-state index contributed by atoms with van der Waals surface area (Å²) in [5, 5.41) is 11.3. The van der Waals surface area contributed by atoms with Crippen LogP contribution in [0.4, 0.5) is 0 Å². The topological polar surface area (TPSA) is 74.2 Å². The Morgan fingerprint density at radius 1 is 1.37 bits per heavy atom. The molecule has 2 aliphatic carbocycles. The summed E-state index contributed by atoms with van der Waals surface area (Å²) in [6.07, 6.45) is 1.43. The summed E-state index contributed by atoms with van der Waals surface area (Å²) in [6, 6.07) is 3.87. The monoisotopic (exact) mass is 374 g/mol. The Morgan fingerprint density at radius 2 is 2.15 bits per heavy atom. The van der Waals surface area contributed by atoms with Crippen molar-refractivity contribution in [3.63, 3.8) is 0 Å². The molecule has 4 rings (SSSR count). The standard InChI is InChI=1S/C21H26O6/c1-5-6-21-9-13(22)18(25-4)17(20(21)23)16(11(21)2)12-7-14(24-3)19-15(8-12)26-10-27-19/h5,7-8,11,16-18,20,23H,1,6,9-10H2,2-4H3/t11-,16+,17-,18+,20+,21-/m1/s1. The molecule has 1 aromatic rings. The number of aliphatic hydroxyl groups is 1. The molecule has 1 aromatic carbocycles. The lowest BCUT2D eigenvalue weighted by molar-refractivity contribution is -0.149. The van der Waals surface area contributed by atoms with Crippen molar-refractivity contribution in [3.05, 3.63) is 30.4 Å². The van der Waals surface area contributed by atoms with Crippen LogP contribution >= 0.6 is 0 Å². The van der Waals surface area contributed by atoms with E-state index in [0.29, 0.717) is 30.1 Å². The maximum absolute atomic E-state index is 12.8. The van der Waals surface area contributed by atoms with E-state index in [-0.39, 0.29) is 30.3 Å². The molecule has 0 amide bonds. The van der Waals surface area contributed by atoms with Crippen LogP contribution in [0, 0.1) is 17.3 Å². The minimum Gasteiger partial charge on any atom is -0.493 e. The Labute approximate surface area is 159 Å². The molecule has 2 fully saturated rings. The first-order valence-electron chi connectivity index (χ1n) is 9.30. The highest BCUT2D eigenvalue weighted by molar-refractivity contribution is 5.86. The van der Waals surface area contributed by atoms with Gasteiger partial charge in [0.2, 0.25) is 12.5 Å². The maximum atomic E-state index is 12.8. The number of fused-ring (bicyclic) bond motifs is 3. The number of Topliss-reactive ketones (excluding diaryl/α,β-unsaturated/α-hetero) is 1. The largest absolute Gasteiger partial charge is 0.493 e. The van der Waals surface area contributed by atoms with Gasteiger partial charge in [0, 0.05) is 24.9 Å². The van der Waals surface area contributed by atoms with Crippen molar-refractivity contribution in [1.82, 2.24) is 0 Å². The Kier molecular flexibility index (Phi) is 4.43. The van der Waals surface area contributed by atoms with Crippen molar-refractivity contribution in [3.8, 4) is 17.2 Å². The lowest BCUT2D eigenvalue weighted by atomic mass is 9.66. The summed E-state index contributed by atoms with van der Waals surface area (Å²) in [7, 11) is 3.13. The number of ether oxygens (including phenoxy) is 4. The normalized spacial score (nSPS) is 36.7. The van der Waals surface area contributed by atoms with Crippen molar-refractivity contribution in [1.29, 1.82) is 0 Å². The van der Waals surface area contributed by atoms with Crippen LogP contribution in [0.15, 0.2) is 24.8 Å². The molecule has 0 aromatic heterocycles. The van der Waals surface area contributed by atoms with E-state index in [0.717, 1.165) is 5.56 Å². The maximum Gasteiger partial charge on any atom is 0.231 e. The molecule has 27 heavy (non-hydrogen) atoms. The Bertz CT molecular complexity index is 774. The molecule has 6 atom stereocenters. The fourth-order valence-electron chi connectivity index (χ4n) is 5.59. The highest BCUT2D eigenvalue weighted by atomic mass is 16.7. The van der Waals surface area contributed by atoms with Gasteiger partial charge in [0.1, 0.15) is 6.10 Å². The van der Waals surface area contributed by atoms with Gasteiger partial charge in [-0.1, -0.05) is 13.0 Å². The summed E-state index contributed by atoms with van der Waals surface area (Å²) in [6.45, 7) is 6.13. The molecular formula is C21H26O6. The van der Waals surface area contributed by atoms with Crippen molar-refractivity contribution < 1.29 is 28.8 Å². The Balaban J connectivity index is 1.85. The van der Waals surface area contributed by atoms with Gasteiger partial charge in [-0.25, -0.2) is 0 Å². The molecule has 6 heteroatoms. The number of rotatable bonds is 5. The average Bonchev–Trinajstić information content (AvgIpc) is 3.17. The van der Waals surface area contributed by atoms with Crippen LogP contribution in [-0.4, -0.2) is 44.1 Å². The molecule has 2 bridgehead atoms. The number of benzene rings is 1. The zero-order chi connectivity index (χ0) is 19.3. The van der Waals surface area contributed by atoms with Gasteiger partial charge in [-0.15, -0.1) is 6.58 Å². The van der Waals surface area contributed by atoms with E-state index in [1.54, 1.807) is 13.2 Å². The van der Waals surface area contributed by atoms with Gasteiger partial charge < -0.3 is 24.1 Å². The van der Waals surface area contributed by atoms with Crippen LogP contribution in [0.5, 0.6) is 17.2 Å². The van der Waals surface area contributed by atoms with Gasteiger partial charge >= 0.3 is 0 Å². The van der Waals surface area contributed by atoms with Crippen LogP contribution in [0.2, 0.25) is 0 Å². The lowest BCUT2D eigenvalue weighted by Crippen LogP contribution is -2.50. The van der Waals surface area contributed by atoms with E-state index in [2.05, 4.69) is 13.5 Å². The summed E-state index contributed by atoms with van der Waals surface area (Å²) in [4.78, 5) is 12.8. The highest BCUT2D eigenvalue weighted by Crippen LogP contribution is 2.63. The fourth-order valence-corrected chi connectivity index (χ4v) is 5.59. The molecule has 0 unspecified atom stereocenters. The van der Waals surface area contributed by atoms with Crippen LogP contribution in [0.3, 0.4) is 0 Å². The van der Waals surface area contributed by atoms with Crippen LogP contribution < -0.4 is 14.2 Å². The van der Waals surface area contributed by atoms with E-state index < -0.39 is 17.6 Å². The molecular weight excluding hydrogens is 348 g/mol. The first-order chi connectivity index (χ1) is 13.0. The van der Waals surface area contributed by atoms with E-state index >= 15 is 0 Å². The molecule has 146 valence electrons. The van der Waals surface area contributed by atoms with E-state index in [9.17, 15) is 9.90 Å². The van der Waals surface area contributed by atoms with Gasteiger partial charge in [-0.05, 0) is 36.0 Å². The number of hydrogen-bond acceptors (Lipinski definition) is 6. The first kappa shape index (κ1) is 18.3. The zero-order valence-corrected chi connectivity index (χ0v) is 15.9. The van der Waals surface area contributed by atoms with Crippen molar-refractivity contribution in [2.45, 2.75) is 37.9 Å². The third-order valence-corrected chi connectivity index (χ3v) is 6.83. The zero-order valence-electron chi connectivity index (χ0n) is 15.9. The molecule has 0 spiro atoms. The third kappa shape index (κ3) is 2.43. The molecule has 0 radical (unpaired) electrons. The van der Waals surface area contributed by atoms with Gasteiger partial charge in [0.25, 0.3) is 0 Å². The van der Waals surface area contributed by atoms with Crippen molar-refractivity contribution in [2.75, 3.05) is 21.0 Å². The second-order valence-corrected chi connectivity index (χ2v) is 7.82. The van der Waals surface area contributed by atoms with Gasteiger partial charge in [-0.3, -0.25) is 4.79 Å². The van der Waals surface area contributed by atoms with Crippen LogP contribution in [0.25, 0.3) is 0 Å². The SMILES string of the molecule is C=CC[C@@]12CC(=O)[C@H](OC)[C@@H]([C@H](c3cc(OC)c4c(c3)OCO4)[C@H]1C)[C@@H]2O. The summed E-state index contributed by atoms with van der Waals surface area (Å²) < 4.78 is 22.1. The smallest absolute Gasteiger partial charge is 0.231 e. The van der Waals surface area contributed by atoms with Gasteiger partial charge in [0.15, 0.2) is 17.3 Å². The second kappa shape index (κ2) is 6.53. The minimum atomic E-state index is -0.644. The Morgan fingerprint density at radius 3 is 2.81 bits per heavy atom. The predicted octanol–water partition coefficient (Wildman–Crippen LogP) is 2.68. The minimum absolute atomic E-state index is 0.0525. The number of ketones is 1. The molecule has 0 saturated heterocycles. The molecule has 2 saturated carbocycles. The van der Waals surface area contributed by atoms with Gasteiger partial charge in [0.05, 0.1) is 13.2 Å². The van der Waals surface area contributed by atoms with Crippen LogP contribution in [0.1, 0.15) is 31.2 Å². The average molecular weight is 374 g/mol. The molecule has 3 aliphatic rings. The number of carbonyl (C=O) groups is 1. The molecule has 1 aliphatic heterocycles. The highest BCUT2D eigenvalue weighted by Gasteiger charge is 2.65. The van der Waals surface area contributed by atoms with Gasteiger partial charge in [-0.2, -0.15) is 0 Å². The van der Waals surface area contributed by atoms with E-state index in [1.165, 1.54) is 7.11 Å². The Hall–Kier alpha value is -2.05. The number of carbonyl (C=O) groups excluding carboxylic acids is 1. The first-order valence-corrected chi connectivity index (χ1v) is 9.30. The number of hydrogen-bond donors (Lipinski definition) is 1. The lowest BCUT2D eigenvalue weighted by Gasteiger charge is -2.41. The van der Waals surface area contributed by atoms with Crippen molar-refractivity contribution in [2.24, 2.45) is 17.3 Å². The number of aliphatic hydroxyl groups excluding tert-OH is 1. The van der Waals surface area contributed by atoms with E-state index in [1.807, 2.05) is 12.1 Å². The molecule has 1 N–H and O–H groups in total. The summed E-state index contributed by atoms with van der Waals surface area (Å²) >= 11 is 0. The third-order valence-electron chi connectivity index (χ3n) is 6.83. The molecule has 6 nitrogen and oxygen atoms in total. The fraction of sp³-hybridized carbons (Fsp3) is 0.571. The predicted molar refractivity (Wildman–Crippen MR) is 98.2 cm³/mol. The number of allylic oxidation sites excluding steroid dienone is 1. The second-order valence-electron chi connectivity index (χ2n) is 7.82. The summed E-state index contributed by atoms with van der Waals surface area (Å²) in [5.41, 5.74) is 0.447. The molecule has 1 heterocycles. The summed E-state index contributed by atoms with van der Waals surface area (Å²) in [5.74, 6) is 1.54.